The summed E-state index contributed by atoms with van der Waals surface area (Å²) < 4.78 is 0. The first-order valence-electron chi connectivity index (χ1n) is 12.8. The zero-order valence-corrected chi connectivity index (χ0v) is 23.3. The molecule has 0 saturated heterocycles. The van der Waals surface area contributed by atoms with E-state index in [9.17, 15) is 9.59 Å². The van der Waals surface area contributed by atoms with Gasteiger partial charge in [-0.2, -0.15) is 5.10 Å². The van der Waals surface area contributed by atoms with Gasteiger partial charge in [0.05, 0.1) is 45.4 Å². The molecule has 200 valence electrons. The molecular formula is C30H27N7O2S. The van der Waals surface area contributed by atoms with E-state index >= 15 is 0 Å². The van der Waals surface area contributed by atoms with Crippen molar-refractivity contribution in [2.75, 3.05) is 5.32 Å². The molecule has 0 atom stereocenters. The number of ketones is 1. The Hall–Kier alpha value is -4.70. The third-order valence-corrected chi connectivity index (χ3v) is 7.65. The molecule has 3 N–H and O–H groups in total. The molecule has 6 rings (SSSR count). The van der Waals surface area contributed by atoms with Gasteiger partial charge in [-0.25, -0.2) is 4.98 Å². The lowest BCUT2D eigenvalue weighted by Crippen LogP contribution is -2.19. The standard InChI is InChI=1S/C30H27N7O2S/c1-16(38)25-7-8-26(40-25)20-14-32-15-24-19(20)10-23(34-24)29-28-22(36-37-29)6-5-21(35-28)17-9-18(13-31-12-17)33-27(39)11-30(2,3)4/h5-10,12-15,34H,11H2,1-4H3,(H,33,39)(H,36,37). The molecule has 0 fully saturated rings. The topological polar surface area (TPSA) is 129 Å². The summed E-state index contributed by atoms with van der Waals surface area (Å²) in [6, 6.07) is 11.6. The Morgan fingerprint density at radius 2 is 1.80 bits per heavy atom. The van der Waals surface area contributed by atoms with Crippen LogP contribution in [0.1, 0.15) is 43.8 Å². The normalized spacial score (nSPS) is 11.8. The third kappa shape index (κ3) is 5.01. The van der Waals surface area contributed by atoms with Crippen LogP contribution in [0.25, 0.3) is 55.0 Å². The molecule has 0 saturated carbocycles. The fraction of sp³-hybridized carbons (Fsp3) is 0.200. The van der Waals surface area contributed by atoms with E-state index < -0.39 is 0 Å². The molecule has 0 bridgehead atoms. The van der Waals surface area contributed by atoms with Crippen molar-refractivity contribution in [3.8, 4) is 33.1 Å². The van der Waals surface area contributed by atoms with Gasteiger partial charge in [-0.1, -0.05) is 20.8 Å². The summed E-state index contributed by atoms with van der Waals surface area (Å²) in [4.78, 5) is 43.1. The lowest BCUT2D eigenvalue weighted by molar-refractivity contribution is -0.117. The lowest BCUT2D eigenvalue weighted by Gasteiger charge is -2.17. The maximum Gasteiger partial charge on any atom is 0.224 e. The van der Waals surface area contributed by atoms with Gasteiger partial charge < -0.3 is 10.3 Å². The Morgan fingerprint density at radius 3 is 2.58 bits per heavy atom. The number of aromatic nitrogens is 6. The van der Waals surface area contributed by atoms with E-state index in [4.69, 9.17) is 4.98 Å². The molecular weight excluding hydrogens is 522 g/mol. The molecule has 6 aromatic rings. The zero-order chi connectivity index (χ0) is 28.0. The number of H-pyrrole nitrogens is 2. The second-order valence-corrected chi connectivity index (χ2v) is 12.0. The molecule has 9 nitrogen and oxygen atoms in total. The molecule has 1 amide bonds. The average molecular weight is 550 g/mol. The van der Waals surface area contributed by atoms with Crippen molar-refractivity contribution in [3.05, 3.63) is 66.1 Å². The number of amides is 1. The highest BCUT2D eigenvalue weighted by Crippen LogP contribution is 2.36. The van der Waals surface area contributed by atoms with Gasteiger partial charge in [0.1, 0.15) is 11.2 Å². The molecule has 6 heterocycles. The summed E-state index contributed by atoms with van der Waals surface area (Å²) in [5.41, 5.74) is 6.79. The molecule has 10 heteroatoms. The minimum atomic E-state index is -0.111. The van der Waals surface area contributed by atoms with Gasteiger partial charge >= 0.3 is 0 Å². The third-order valence-electron chi connectivity index (χ3n) is 6.44. The van der Waals surface area contributed by atoms with E-state index in [2.05, 4.69) is 30.5 Å². The molecule has 6 aromatic heterocycles. The van der Waals surface area contributed by atoms with Gasteiger partial charge in [0.15, 0.2) is 5.78 Å². The highest BCUT2D eigenvalue weighted by atomic mass is 32.1. The number of aromatic amines is 2. The number of hydrogen-bond donors (Lipinski definition) is 3. The Bertz CT molecular complexity index is 1910. The zero-order valence-electron chi connectivity index (χ0n) is 22.5. The van der Waals surface area contributed by atoms with Gasteiger partial charge in [-0.3, -0.25) is 24.7 Å². The Morgan fingerprint density at radius 1 is 0.975 bits per heavy atom. The van der Waals surface area contributed by atoms with E-state index in [1.54, 1.807) is 25.5 Å². The van der Waals surface area contributed by atoms with Crippen molar-refractivity contribution in [1.29, 1.82) is 0 Å². The maximum absolute atomic E-state index is 12.4. The predicted octanol–water partition coefficient (Wildman–Crippen LogP) is 6.87. The van der Waals surface area contributed by atoms with Gasteiger partial charge in [0, 0.05) is 40.2 Å². The molecule has 0 aliphatic carbocycles. The Kier molecular flexibility index (Phi) is 6.26. The number of fused-ring (bicyclic) bond motifs is 2. The van der Waals surface area contributed by atoms with Crippen molar-refractivity contribution in [2.45, 2.75) is 34.1 Å². The molecule has 0 aliphatic rings. The largest absolute Gasteiger partial charge is 0.352 e. The van der Waals surface area contributed by atoms with Gasteiger partial charge in [0.2, 0.25) is 5.91 Å². The smallest absolute Gasteiger partial charge is 0.224 e. The van der Waals surface area contributed by atoms with Crippen LogP contribution in [0.15, 0.2) is 61.2 Å². The fourth-order valence-corrected chi connectivity index (χ4v) is 5.56. The number of hydrogen-bond acceptors (Lipinski definition) is 7. The Labute approximate surface area is 234 Å². The number of nitrogens with one attached hydrogen (secondary N) is 3. The second kappa shape index (κ2) is 9.80. The number of carbonyl (C=O) groups is 2. The average Bonchev–Trinajstić information content (AvgIpc) is 3.65. The maximum atomic E-state index is 12.4. The minimum absolute atomic E-state index is 0.0454. The number of Topliss-reactive ketones (excluding diaryl/α,β-unsaturated/α-hetero) is 1. The number of nitrogens with zero attached hydrogens (tertiary/aromatic N) is 4. The van der Waals surface area contributed by atoms with E-state index in [0.29, 0.717) is 33.9 Å². The van der Waals surface area contributed by atoms with Crippen LogP contribution in [0, 0.1) is 5.41 Å². The fourth-order valence-electron chi connectivity index (χ4n) is 4.63. The summed E-state index contributed by atoms with van der Waals surface area (Å²) in [7, 11) is 0. The van der Waals surface area contributed by atoms with Gasteiger partial charge in [0.25, 0.3) is 0 Å². The monoisotopic (exact) mass is 549 g/mol. The van der Waals surface area contributed by atoms with E-state index in [1.165, 1.54) is 11.3 Å². The van der Waals surface area contributed by atoms with Crippen molar-refractivity contribution in [2.24, 2.45) is 5.41 Å². The molecule has 0 aliphatic heterocycles. The first-order valence-corrected chi connectivity index (χ1v) is 13.6. The summed E-state index contributed by atoms with van der Waals surface area (Å²) in [6.45, 7) is 7.65. The molecule has 0 unspecified atom stereocenters. The molecule has 0 spiro atoms. The number of carbonyl (C=O) groups excluding carboxylic acids is 2. The summed E-state index contributed by atoms with van der Waals surface area (Å²) in [5, 5.41) is 11.6. The van der Waals surface area contributed by atoms with E-state index in [-0.39, 0.29) is 17.1 Å². The number of rotatable bonds is 6. The van der Waals surface area contributed by atoms with Crippen LogP contribution in [0.5, 0.6) is 0 Å². The van der Waals surface area contributed by atoms with Crippen LogP contribution in [0.3, 0.4) is 0 Å². The lowest BCUT2D eigenvalue weighted by atomic mass is 9.92. The summed E-state index contributed by atoms with van der Waals surface area (Å²) in [5.74, 6) is -0.0104. The van der Waals surface area contributed by atoms with Crippen LogP contribution in [0.2, 0.25) is 0 Å². The SMILES string of the molecule is CC(=O)c1ccc(-c2cncc3[nH]c(-c4n[nH]c5ccc(-c6cncc(NC(=O)CC(C)(C)C)c6)nc45)cc23)s1. The van der Waals surface area contributed by atoms with Crippen molar-refractivity contribution < 1.29 is 9.59 Å². The summed E-state index contributed by atoms with van der Waals surface area (Å²) in [6.07, 6.45) is 7.36. The molecule has 40 heavy (non-hydrogen) atoms. The number of pyridine rings is 3. The van der Waals surface area contributed by atoms with Crippen LogP contribution in [0.4, 0.5) is 5.69 Å². The first kappa shape index (κ1) is 25.6. The van der Waals surface area contributed by atoms with Gasteiger partial charge in [-0.05, 0) is 48.7 Å². The Balaban J connectivity index is 1.36. The van der Waals surface area contributed by atoms with Crippen molar-refractivity contribution in [3.63, 3.8) is 0 Å². The molecule has 0 radical (unpaired) electrons. The summed E-state index contributed by atoms with van der Waals surface area (Å²) >= 11 is 1.46. The molecule has 0 aromatic carbocycles. The minimum Gasteiger partial charge on any atom is -0.352 e. The van der Waals surface area contributed by atoms with Crippen LogP contribution >= 0.6 is 11.3 Å². The van der Waals surface area contributed by atoms with Crippen molar-refractivity contribution in [1.82, 2.24) is 30.1 Å². The quantitative estimate of drug-likeness (QED) is 0.194. The van der Waals surface area contributed by atoms with Crippen LogP contribution in [-0.4, -0.2) is 41.8 Å². The highest BCUT2D eigenvalue weighted by Gasteiger charge is 2.18. The first-order chi connectivity index (χ1) is 19.1. The second-order valence-electron chi connectivity index (χ2n) is 11.0. The number of thiophene rings is 1. The van der Waals surface area contributed by atoms with Crippen LogP contribution < -0.4 is 5.32 Å². The number of anilines is 1. The van der Waals surface area contributed by atoms with Gasteiger partial charge in [-0.15, -0.1) is 11.3 Å². The predicted molar refractivity (Wildman–Crippen MR) is 158 cm³/mol. The highest BCUT2D eigenvalue weighted by molar-refractivity contribution is 7.17. The van der Waals surface area contributed by atoms with E-state index in [1.807, 2.05) is 63.4 Å². The van der Waals surface area contributed by atoms with Crippen LogP contribution in [-0.2, 0) is 4.79 Å². The van der Waals surface area contributed by atoms with E-state index in [0.717, 1.165) is 38.1 Å². The van der Waals surface area contributed by atoms with Crippen molar-refractivity contribution >= 4 is 50.7 Å².